The summed E-state index contributed by atoms with van der Waals surface area (Å²) in [6.45, 7) is 1.88. The summed E-state index contributed by atoms with van der Waals surface area (Å²) in [6.07, 6.45) is 0.829. The standard InChI is InChI=1S/C11H16N2O3S/c1-2-7(12)6-9(14)13-10(11(15)16)8-4-3-5-17-8/h3-5,7,10H,2,6,12H2,1H3,(H,13,14)(H,15,16). The number of carboxylic acid groups (broad SMARTS) is 1. The van der Waals surface area contributed by atoms with Crippen LogP contribution in [0.2, 0.25) is 0 Å². The molecule has 1 aromatic rings. The molecule has 5 nitrogen and oxygen atoms in total. The van der Waals surface area contributed by atoms with Crippen molar-refractivity contribution in [3.63, 3.8) is 0 Å². The van der Waals surface area contributed by atoms with Crippen LogP contribution < -0.4 is 11.1 Å². The van der Waals surface area contributed by atoms with E-state index in [1.807, 2.05) is 6.92 Å². The molecule has 0 radical (unpaired) electrons. The summed E-state index contributed by atoms with van der Waals surface area (Å²) in [6, 6.07) is 2.22. The first-order valence-electron chi connectivity index (χ1n) is 5.35. The van der Waals surface area contributed by atoms with E-state index in [2.05, 4.69) is 5.32 Å². The summed E-state index contributed by atoms with van der Waals surface area (Å²) in [5.41, 5.74) is 5.64. The highest BCUT2D eigenvalue weighted by molar-refractivity contribution is 7.10. The summed E-state index contributed by atoms with van der Waals surface area (Å²) in [4.78, 5) is 23.2. The molecular formula is C11H16N2O3S. The zero-order valence-corrected chi connectivity index (χ0v) is 10.4. The van der Waals surface area contributed by atoms with Crippen LogP contribution in [0.25, 0.3) is 0 Å². The Balaban J connectivity index is 2.62. The van der Waals surface area contributed by atoms with Gasteiger partial charge in [-0.25, -0.2) is 4.79 Å². The van der Waals surface area contributed by atoms with E-state index < -0.39 is 12.0 Å². The van der Waals surface area contributed by atoms with E-state index >= 15 is 0 Å². The average Bonchev–Trinajstić information content (AvgIpc) is 2.78. The molecule has 2 atom stereocenters. The fourth-order valence-corrected chi connectivity index (χ4v) is 2.08. The fourth-order valence-electron chi connectivity index (χ4n) is 1.31. The Hall–Kier alpha value is -1.40. The van der Waals surface area contributed by atoms with Crippen molar-refractivity contribution in [2.45, 2.75) is 31.8 Å². The van der Waals surface area contributed by atoms with Gasteiger partial charge in [0.15, 0.2) is 6.04 Å². The van der Waals surface area contributed by atoms with Crippen molar-refractivity contribution in [1.82, 2.24) is 5.32 Å². The van der Waals surface area contributed by atoms with Crippen LogP contribution in [0.15, 0.2) is 17.5 Å². The van der Waals surface area contributed by atoms with E-state index in [4.69, 9.17) is 10.8 Å². The first kappa shape index (κ1) is 13.7. The van der Waals surface area contributed by atoms with Crippen LogP contribution in [-0.4, -0.2) is 23.0 Å². The molecule has 17 heavy (non-hydrogen) atoms. The predicted octanol–water partition coefficient (Wildman–Crippen LogP) is 1.12. The number of rotatable bonds is 6. The molecule has 94 valence electrons. The van der Waals surface area contributed by atoms with Gasteiger partial charge in [0.1, 0.15) is 0 Å². The summed E-state index contributed by atoms with van der Waals surface area (Å²) in [5.74, 6) is -1.40. The molecule has 0 aromatic carbocycles. The molecule has 1 amide bonds. The zero-order valence-electron chi connectivity index (χ0n) is 9.55. The molecule has 0 aliphatic carbocycles. The van der Waals surface area contributed by atoms with Gasteiger partial charge in [0, 0.05) is 17.3 Å². The highest BCUT2D eigenvalue weighted by atomic mass is 32.1. The Morgan fingerprint density at radius 1 is 1.59 bits per heavy atom. The van der Waals surface area contributed by atoms with Gasteiger partial charge in [0.25, 0.3) is 0 Å². The van der Waals surface area contributed by atoms with Crippen LogP contribution in [0.1, 0.15) is 30.7 Å². The Bertz CT molecular complexity index is 378. The van der Waals surface area contributed by atoms with Gasteiger partial charge in [-0.05, 0) is 17.9 Å². The number of carbonyl (C=O) groups excluding carboxylic acids is 1. The molecule has 0 fully saturated rings. The maximum atomic E-state index is 11.6. The molecule has 4 N–H and O–H groups in total. The fraction of sp³-hybridized carbons (Fsp3) is 0.455. The number of hydrogen-bond acceptors (Lipinski definition) is 4. The molecule has 6 heteroatoms. The zero-order chi connectivity index (χ0) is 12.8. The van der Waals surface area contributed by atoms with Gasteiger partial charge in [-0.1, -0.05) is 13.0 Å². The SMILES string of the molecule is CCC(N)CC(=O)NC(C(=O)O)c1cccs1. The lowest BCUT2D eigenvalue weighted by Gasteiger charge is -2.14. The minimum absolute atomic E-state index is 0.144. The third-order valence-electron chi connectivity index (χ3n) is 2.35. The lowest BCUT2D eigenvalue weighted by Crippen LogP contribution is -2.36. The average molecular weight is 256 g/mol. The number of nitrogens with two attached hydrogens (primary N) is 1. The summed E-state index contributed by atoms with van der Waals surface area (Å²) >= 11 is 1.30. The maximum absolute atomic E-state index is 11.6. The largest absolute Gasteiger partial charge is 0.479 e. The second kappa shape index (κ2) is 6.36. The quantitative estimate of drug-likeness (QED) is 0.711. The molecule has 0 aliphatic heterocycles. The van der Waals surface area contributed by atoms with Crippen molar-refractivity contribution in [3.05, 3.63) is 22.4 Å². The van der Waals surface area contributed by atoms with Crippen molar-refractivity contribution in [2.24, 2.45) is 5.73 Å². The molecule has 1 rings (SSSR count). The normalized spacial score (nSPS) is 14.0. The van der Waals surface area contributed by atoms with Crippen LogP contribution in [0.4, 0.5) is 0 Å². The minimum Gasteiger partial charge on any atom is -0.479 e. The summed E-state index contributed by atoms with van der Waals surface area (Å²) < 4.78 is 0. The molecule has 0 spiro atoms. The number of carboxylic acids is 1. The monoisotopic (exact) mass is 256 g/mol. The van der Waals surface area contributed by atoms with E-state index in [-0.39, 0.29) is 18.4 Å². The highest BCUT2D eigenvalue weighted by Crippen LogP contribution is 2.19. The molecule has 0 saturated heterocycles. The molecular weight excluding hydrogens is 240 g/mol. The molecule has 1 aromatic heterocycles. The van der Waals surface area contributed by atoms with Gasteiger partial charge in [0.05, 0.1) is 0 Å². The Kier molecular flexibility index (Phi) is 5.11. The van der Waals surface area contributed by atoms with Crippen LogP contribution in [0.5, 0.6) is 0 Å². The first-order chi connectivity index (χ1) is 8.04. The van der Waals surface area contributed by atoms with Crippen LogP contribution in [0.3, 0.4) is 0 Å². The van der Waals surface area contributed by atoms with Crippen molar-refractivity contribution in [2.75, 3.05) is 0 Å². The second-order valence-electron chi connectivity index (χ2n) is 3.73. The third-order valence-corrected chi connectivity index (χ3v) is 3.29. The van der Waals surface area contributed by atoms with Crippen molar-refractivity contribution >= 4 is 23.2 Å². The van der Waals surface area contributed by atoms with E-state index in [1.165, 1.54) is 11.3 Å². The second-order valence-corrected chi connectivity index (χ2v) is 4.71. The summed E-state index contributed by atoms with van der Waals surface area (Å²) in [7, 11) is 0. The van der Waals surface area contributed by atoms with E-state index in [0.29, 0.717) is 11.3 Å². The van der Waals surface area contributed by atoms with Gasteiger partial charge in [-0.2, -0.15) is 0 Å². The van der Waals surface area contributed by atoms with Crippen LogP contribution in [0, 0.1) is 0 Å². The molecule has 0 saturated carbocycles. The third kappa shape index (κ3) is 4.16. The lowest BCUT2D eigenvalue weighted by atomic mass is 10.1. The molecule has 1 heterocycles. The number of carbonyl (C=O) groups is 2. The van der Waals surface area contributed by atoms with Gasteiger partial charge in [0.2, 0.25) is 5.91 Å². The smallest absolute Gasteiger partial charge is 0.331 e. The minimum atomic E-state index is -1.06. The van der Waals surface area contributed by atoms with E-state index in [0.717, 1.165) is 0 Å². The number of aliphatic carboxylic acids is 1. The number of thiophene rings is 1. The first-order valence-corrected chi connectivity index (χ1v) is 6.23. The Morgan fingerprint density at radius 3 is 2.76 bits per heavy atom. The van der Waals surface area contributed by atoms with Crippen LogP contribution >= 0.6 is 11.3 Å². The van der Waals surface area contributed by atoms with Crippen molar-refractivity contribution < 1.29 is 14.7 Å². The van der Waals surface area contributed by atoms with Crippen molar-refractivity contribution in [1.29, 1.82) is 0 Å². The number of nitrogens with one attached hydrogen (secondary N) is 1. The Morgan fingerprint density at radius 2 is 2.29 bits per heavy atom. The Labute approximate surface area is 104 Å². The number of hydrogen-bond donors (Lipinski definition) is 3. The van der Waals surface area contributed by atoms with Crippen LogP contribution in [-0.2, 0) is 9.59 Å². The van der Waals surface area contributed by atoms with Crippen molar-refractivity contribution in [3.8, 4) is 0 Å². The van der Waals surface area contributed by atoms with Gasteiger partial charge in [-0.3, -0.25) is 4.79 Å². The van der Waals surface area contributed by atoms with Gasteiger partial charge >= 0.3 is 5.97 Å². The summed E-state index contributed by atoms with van der Waals surface area (Å²) in [5, 5.41) is 13.3. The number of amides is 1. The molecule has 0 aliphatic rings. The highest BCUT2D eigenvalue weighted by Gasteiger charge is 2.23. The van der Waals surface area contributed by atoms with Gasteiger partial charge in [-0.15, -0.1) is 11.3 Å². The maximum Gasteiger partial charge on any atom is 0.331 e. The van der Waals surface area contributed by atoms with Gasteiger partial charge < -0.3 is 16.2 Å². The van der Waals surface area contributed by atoms with E-state index in [9.17, 15) is 9.59 Å². The molecule has 2 unspecified atom stereocenters. The lowest BCUT2D eigenvalue weighted by molar-refractivity contribution is -0.142. The topological polar surface area (TPSA) is 92.4 Å². The molecule has 0 bridgehead atoms. The van der Waals surface area contributed by atoms with E-state index in [1.54, 1.807) is 17.5 Å². The predicted molar refractivity (Wildman–Crippen MR) is 65.7 cm³/mol.